The molecule has 4 amide bonds. The van der Waals surface area contributed by atoms with E-state index in [9.17, 15) is 78.6 Å². The summed E-state index contributed by atoms with van der Waals surface area (Å²) in [5.41, 5.74) is 0. The highest BCUT2D eigenvalue weighted by molar-refractivity contribution is 5.87. The number of unbranched alkanes of at least 4 members (excludes halogenated alkanes) is 1. The lowest BCUT2D eigenvalue weighted by atomic mass is 10.1. The molecule has 25 nitrogen and oxygen atoms in total. The Morgan fingerprint density at radius 1 is 0.441 bits per heavy atom. The van der Waals surface area contributed by atoms with Crippen molar-refractivity contribution in [1.29, 1.82) is 0 Å². The molecule has 4 fully saturated rings. The Balaban J connectivity index is 1.33. The number of carboxylic acids is 7. The largest absolute Gasteiger partial charge is 0.483 e. The molecular formula is C34H54N8O17+4. The number of rotatable bonds is 25. The Morgan fingerprint density at radius 2 is 0.814 bits per heavy atom. The van der Waals surface area contributed by atoms with E-state index < -0.39 is 109 Å². The fraction of sp³-hybridized carbons (Fsp3) is 0.706. The van der Waals surface area contributed by atoms with Gasteiger partial charge in [-0.2, -0.15) is 0 Å². The van der Waals surface area contributed by atoms with E-state index in [4.69, 9.17) is 5.11 Å². The van der Waals surface area contributed by atoms with Gasteiger partial charge in [-0.15, -0.1) is 17.9 Å². The smallest absolute Gasteiger partial charge is 0.481 e. The minimum Gasteiger partial charge on any atom is -0.481 e. The lowest BCUT2D eigenvalue weighted by Crippen LogP contribution is -2.86. The summed E-state index contributed by atoms with van der Waals surface area (Å²) in [4.78, 5) is 121. The minimum atomic E-state index is -1.69. The average Bonchev–Trinajstić information content (AvgIpc) is 3.75. The van der Waals surface area contributed by atoms with Crippen LogP contribution in [-0.2, 0) is 43.2 Å². The topological polar surface area (TPSA) is 360 Å². The third-order valence-corrected chi connectivity index (χ3v) is 12.5. The van der Waals surface area contributed by atoms with E-state index in [1.165, 1.54) is 0 Å². The summed E-state index contributed by atoms with van der Waals surface area (Å²) in [5, 5.41) is 76.5. The minimum absolute atomic E-state index is 0.0231. The van der Waals surface area contributed by atoms with Crippen LogP contribution in [0.5, 0.6) is 0 Å². The highest BCUT2D eigenvalue weighted by Crippen LogP contribution is 2.62. The second kappa shape index (κ2) is 18.1. The molecule has 4 aliphatic rings. The Kier molecular flexibility index (Phi) is 14.1. The molecule has 0 aromatic carbocycles. The van der Waals surface area contributed by atoms with Gasteiger partial charge in [0, 0.05) is 19.4 Å². The van der Waals surface area contributed by atoms with Crippen LogP contribution in [-0.4, -0.2) is 222 Å². The number of urea groups is 1. The van der Waals surface area contributed by atoms with E-state index >= 15 is 0 Å². The van der Waals surface area contributed by atoms with Crippen LogP contribution >= 0.6 is 0 Å². The quantitative estimate of drug-likeness (QED) is 0.0307. The maximum atomic E-state index is 13.7. The number of carboxylic acid groups (broad SMARTS) is 7. The molecule has 4 heterocycles. The predicted octanol–water partition coefficient (Wildman–Crippen LogP) is -4.12. The van der Waals surface area contributed by atoms with E-state index in [-0.39, 0.29) is 69.9 Å². The third kappa shape index (κ3) is 9.16. The zero-order valence-electron chi connectivity index (χ0n) is 32.4. The van der Waals surface area contributed by atoms with Crippen LogP contribution in [0.4, 0.5) is 4.79 Å². The van der Waals surface area contributed by atoms with Gasteiger partial charge in [-0.1, -0.05) is 0 Å². The highest BCUT2D eigenvalue weighted by atomic mass is 16.4. The lowest BCUT2D eigenvalue weighted by Gasteiger charge is -2.49. The van der Waals surface area contributed by atoms with E-state index in [2.05, 4.69) is 10.6 Å². The van der Waals surface area contributed by atoms with Crippen LogP contribution in [0.15, 0.2) is 0 Å². The summed E-state index contributed by atoms with van der Waals surface area (Å²) < 4.78 is -0.0294. The van der Waals surface area contributed by atoms with E-state index in [1.54, 1.807) is 0 Å². The summed E-state index contributed by atoms with van der Waals surface area (Å²) >= 11 is 0. The fourth-order valence-electron chi connectivity index (χ4n) is 10.7. The molecule has 4 rings (SSSR count). The molecule has 25 heteroatoms. The Bertz CT molecular complexity index is 1660. The molecule has 11 N–H and O–H groups in total. The molecule has 4 aliphatic heterocycles. The first-order chi connectivity index (χ1) is 27.6. The number of amides is 4. The van der Waals surface area contributed by atoms with Gasteiger partial charge in [-0.05, 0) is 32.1 Å². The molecule has 328 valence electrons. The monoisotopic (exact) mass is 846 g/mol. The molecule has 4 unspecified atom stereocenters. The number of hydrogen-bond acceptors (Lipinski definition) is 10. The summed E-state index contributed by atoms with van der Waals surface area (Å²) in [6.45, 7) is 1.53. The predicted molar refractivity (Wildman–Crippen MR) is 192 cm³/mol. The summed E-state index contributed by atoms with van der Waals surface area (Å²) in [6.07, 6.45) is -1.76. The van der Waals surface area contributed by atoms with Crippen molar-refractivity contribution in [1.82, 2.24) is 21.3 Å². The van der Waals surface area contributed by atoms with Crippen molar-refractivity contribution < 1.29 is 102 Å². The normalized spacial score (nSPS) is 28.9. The molecule has 59 heavy (non-hydrogen) atoms. The summed E-state index contributed by atoms with van der Waals surface area (Å²) in [6, 6.07) is -5.97. The lowest BCUT2D eigenvalue weighted by molar-refractivity contribution is -1.36. The van der Waals surface area contributed by atoms with E-state index in [0.29, 0.717) is 52.4 Å². The van der Waals surface area contributed by atoms with E-state index in [0.717, 1.165) is 0 Å². The number of carbonyl (C=O) groups excluding carboxylic acids is 3. The molecule has 0 aliphatic carbocycles. The van der Waals surface area contributed by atoms with Gasteiger partial charge in [0.2, 0.25) is 5.91 Å². The van der Waals surface area contributed by atoms with Crippen molar-refractivity contribution >= 4 is 59.6 Å². The second-order valence-corrected chi connectivity index (χ2v) is 16.0. The van der Waals surface area contributed by atoms with Crippen LogP contribution in [0.2, 0.25) is 0 Å². The van der Waals surface area contributed by atoms with Gasteiger partial charge >= 0.3 is 53.7 Å². The fourth-order valence-corrected chi connectivity index (χ4v) is 10.7. The zero-order chi connectivity index (χ0) is 44.0. The average molecular weight is 847 g/mol. The molecule has 4 saturated heterocycles. The number of nitrogens with zero attached hydrogens (tertiary/aromatic N) is 4. The molecule has 0 bridgehead atoms. The number of aliphatic carboxylic acids is 7. The van der Waals surface area contributed by atoms with Gasteiger partial charge in [0.05, 0.1) is 0 Å². The summed E-state index contributed by atoms with van der Waals surface area (Å²) in [5.74, 6) is -11.7. The number of nitrogens with one attached hydrogen (secondary N) is 4. The molecule has 0 aromatic rings. The Labute approximate surface area is 336 Å². The second-order valence-electron chi connectivity index (χ2n) is 16.0. The number of hydrogen-bond donors (Lipinski definition) is 11. The van der Waals surface area contributed by atoms with Crippen LogP contribution in [0, 0.1) is 0 Å². The first-order valence-corrected chi connectivity index (χ1v) is 19.2. The van der Waals surface area contributed by atoms with Crippen molar-refractivity contribution in [2.24, 2.45) is 0 Å². The standard InChI is InChI=1S/C34H50N8O17/c43-24(6-4-22(31(55)56)37-33(59)38-23(32(57)58)5-7-26(45)46)36-21(30(53)54)3-1-2-8-35-25(44)17-39-9-11-40(18-27(47)48)13-15-42(20-29(51)52)16-14-41(12-10-39,19-28(49)50)34(39,40)42/h21-23H,1-20H2,(H7-4,35,36,37,38,43,44,45,46,47,48,49,50,51,52,53,54,55,56,57,58,59)/p+4/t21-,22-,23-,34?,39?,40+,41?,42?/m0/s1. The molecule has 1 spiro atoms. The van der Waals surface area contributed by atoms with Crippen molar-refractivity contribution in [3.8, 4) is 0 Å². The number of carbonyl (C=O) groups is 10. The first kappa shape index (κ1) is 46.0. The first-order valence-electron chi connectivity index (χ1n) is 19.2. The van der Waals surface area contributed by atoms with Gasteiger partial charge in [-0.25, -0.2) is 33.6 Å². The van der Waals surface area contributed by atoms with Gasteiger partial charge in [0.15, 0.2) is 26.2 Å². The Morgan fingerprint density at radius 3 is 1.19 bits per heavy atom. The van der Waals surface area contributed by atoms with Gasteiger partial charge in [-0.3, -0.25) is 14.4 Å². The summed E-state index contributed by atoms with van der Waals surface area (Å²) in [7, 11) is 0. The van der Waals surface area contributed by atoms with Crippen LogP contribution in [0.3, 0.4) is 0 Å². The Hall–Kier alpha value is -5.66. The molecule has 0 aromatic heterocycles. The van der Waals surface area contributed by atoms with Crippen LogP contribution in [0.1, 0.15) is 44.9 Å². The van der Waals surface area contributed by atoms with Gasteiger partial charge < -0.3 is 57.0 Å². The van der Waals surface area contributed by atoms with Crippen LogP contribution in [0.25, 0.3) is 0 Å². The molecule has 0 radical (unpaired) electrons. The van der Waals surface area contributed by atoms with Crippen molar-refractivity contribution in [2.45, 2.75) is 69.0 Å². The SMILES string of the molecule is O=C(O)CC[C@H](NC(=O)N[C@@H](CCC(=O)N[C@@H](CCCCNC(=O)C[N+]12CC[N+]3(CC(=O)O)CC[N+]4(CC(=O)O)CC[N@@+](CC(=O)O)(CC1)C342)C(=O)O)C(=O)O)C(=O)O. The molecule has 0 saturated carbocycles. The van der Waals surface area contributed by atoms with E-state index in [1.807, 2.05) is 10.6 Å². The maximum absolute atomic E-state index is 13.7. The molecule has 8 atom stereocenters. The van der Waals surface area contributed by atoms with Crippen molar-refractivity contribution in [2.75, 3.05) is 85.1 Å². The van der Waals surface area contributed by atoms with Gasteiger partial charge in [0.25, 0.3) is 5.91 Å². The van der Waals surface area contributed by atoms with Crippen molar-refractivity contribution in [3.63, 3.8) is 0 Å². The zero-order valence-corrected chi connectivity index (χ0v) is 32.4. The maximum Gasteiger partial charge on any atom is 0.483 e. The molecular weight excluding hydrogens is 792 g/mol. The van der Waals surface area contributed by atoms with Gasteiger partial charge in [0.1, 0.15) is 70.5 Å². The van der Waals surface area contributed by atoms with Crippen molar-refractivity contribution in [3.05, 3.63) is 0 Å². The van der Waals surface area contributed by atoms with Crippen LogP contribution < -0.4 is 21.3 Å². The highest BCUT2D eigenvalue weighted by Gasteiger charge is 2.99. The third-order valence-electron chi connectivity index (χ3n) is 12.5. The number of quaternary nitrogens is 4.